The summed E-state index contributed by atoms with van der Waals surface area (Å²) >= 11 is 5.55. The molecule has 2 aliphatic rings. The maximum atomic E-state index is 13.2. The fourth-order valence-corrected chi connectivity index (χ4v) is 12.6. The molecule has 0 bridgehead atoms. The number of carbonyl (C=O) groups excluding carboxylic acids is 4. The third-order valence-corrected chi connectivity index (χ3v) is 17.3. The van der Waals surface area contributed by atoms with Crippen LogP contribution in [0.5, 0.6) is 0 Å². The van der Waals surface area contributed by atoms with Crippen molar-refractivity contribution in [2.45, 2.75) is 19.6 Å². The summed E-state index contributed by atoms with van der Waals surface area (Å²) < 4.78 is 22.7. The van der Waals surface area contributed by atoms with E-state index in [9.17, 15) is 14.4 Å². The molecule has 2 saturated heterocycles. The number of amides is 3. The third kappa shape index (κ3) is 21.4. The van der Waals surface area contributed by atoms with Crippen LogP contribution in [0.15, 0.2) is 164 Å². The minimum atomic E-state index is -0.181. The molecule has 0 aromatic heterocycles. The molecular formula is C74H78ClIK3N7O10. The van der Waals surface area contributed by atoms with Gasteiger partial charge in [-0.15, -0.1) is 11.6 Å². The number of nitrogens with zero attached hydrogens (tertiary/aromatic N) is 2. The number of carbonyl (C=O) groups is 4. The van der Waals surface area contributed by atoms with E-state index >= 15 is 0 Å². The van der Waals surface area contributed by atoms with Crippen LogP contribution >= 0.6 is 11.6 Å². The molecule has 2 aliphatic heterocycles. The Labute approximate surface area is 710 Å². The molecule has 5 N–H and O–H groups in total. The molecule has 0 radical (unpaired) electrons. The second-order valence-corrected chi connectivity index (χ2v) is 23.2. The summed E-state index contributed by atoms with van der Waals surface area (Å²) in [6.45, 7) is 13.1. The fourth-order valence-electron chi connectivity index (χ4n) is 12.5. The Morgan fingerprint density at radius 3 is 0.948 bits per heavy atom. The number of halogens is 2. The summed E-state index contributed by atoms with van der Waals surface area (Å²) in [7, 11) is 0. The zero-order valence-electron chi connectivity index (χ0n) is 56.0. The molecule has 0 aliphatic carbocycles. The molecule has 2 fully saturated rings. The summed E-state index contributed by atoms with van der Waals surface area (Å²) in [5.41, 5.74) is 3.34. The largest absolute Gasteiger partial charge is 1.00 e. The summed E-state index contributed by atoms with van der Waals surface area (Å²) in [4.78, 5) is 53.2. The van der Waals surface area contributed by atoms with Gasteiger partial charge in [0.25, 0.3) is 6.47 Å². The third-order valence-electron chi connectivity index (χ3n) is 17.1. The van der Waals surface area contributed by atoms with E-state index in [-0.39, 0.29) is 223 Å². The van der Waals surface area contributed by atoms with Gasteiger partial charge in [0.1, 0.15) is 5.88 Å². The molecule has 12 aromatic rings. The molecule has 17 nitrogen and oxygen atoms in total. The van der Waals surface area contributed by atoms with Crippen molar-refractivity contribution < 1.29 is 228 Å². The standard InChI is InChI=1S/C46H44N4O4.C19H14ClNO.C8H18N2O2.CH2O3.HI.3K.H/c51-41(47-27-37-13-11-35-9-7-31-3-1-5-33-15-17-39(37)45(35)43(31)33)29-49-19-23-53-25-21-50(22-26-54-24-20-49)30-42(52)48-28-38-14-12-36-10-8-32-4-2-6-34-16-18-40(38)46(36)44(32)34;20-10-17(22)21-11-15-7-6-14-5-4-12-2-1-3-13-8-9-16(15)19(14)18(12)13;1-5-11-7-3-10-4-8-12-6-2-9-1;2-1-4-3;;;;;/h1-18H,19-30H2,(H,47,51)(H,48,52);1-9H,10-11H2,(H,21,22);9-10H,1-8H2;1,3H;1H;;;;/q;;;;;3*+1;-1/p-2. The molecule has 0 spiro atoms. The first-order chi connectivity index (χ1) is 45.3. The molecule has 12 aromatic carbocycles. The van der Waals surface area contributed by atoms with E-state index in [4.69, 9.17) is 40.6 Å². The van der Waals surface area contributed by atoms with Crippen molar-refractivity contribution in [1.82, 2.24) is 36.4 Å². The summed E-state index contributed by atoms with van der Waals surface area (Å²) in [6.07, 6.45) is 0. The van der Waals surface area contributed by atoms with Gasteiger partial charge >= 0.3 is 154 Å². The van der Waals surface area contributed by atoms with Gasteiger partial charge in [0.05, 0.1) is 65.9 Å². The van der Waals surface area contributed by atoms with Crippen molar-refractivity contribution in [2.75, 3.05) is 124 Å². The molecule has 22 heteroatoms. The van der Waals surface area contributed by atoms with Crippen LogP contribution in [0.25, 0.3) is 97.0 Å². The summed E-state index contributed by atoms with van der Waals surface area (Å²) in [6, 6.07) is 58.0. The number of rotatable bonds is 12. The maximum absolute atomic E-state index is 13.2. The van der Waals surface area contributed by atoms with Crippen LogP contribution in [-0.4, -0.2) is 158 Å². The van der Waals surface area contributed by atoms with Crippen LogP contribution in [0.3, 0.4) is 0 Å². The van der Waals surface area contributed by atoms with Crippen molar-refractivity contribution in [3.05, 3.63) is 180 Å². The zero-order valence-corrected chi connectivity index (χ0v) is 67.2. The van der Waals surface area contributed by atoms with E-state index in [0.717, 1.165) is 69.3 Å². The van der Waals surface area contributed by atoms with Gasteiger partial charge in [0.15, 0.2) is 0 Å². The van der Waals surface area contributed by atoms with E-state index in [1.165, 1.54) is 97.0 Å². The second kappa shape index (κ2) is 42.0. The predicted molar refractivity (Wildman–Crippen MR) is 367 cm³/mol. The first-order valence-corrected chi connectivity index (χ1v) is 32.0. The summed E-state index contributed by atoms with van der Waals surface area (Å²) in [5.74, 6) is -0.197. The molecule has 3 amide bonds. The van der Waals surface area contributed by atoms with Crippen LogP contribution in [0.1, 0.15) is 18.1 Å². The molecule has 0 unspecified atom stereocenters. The normalized spacial score (nSPS) is 14.7. The minimum absolute atomic E-state index is 0. The Morgan fingerprint density at radius 2 is 0.667 bits per heavy atom. The Balaban J connectivity index is 0.000000284. The fraction of sp³-hybridized carbons (Fsp3) is 0.297. The number of ether oxygens (including phenoxy) is 4. The SMILES string of the molecule is C1COCCNCCOCCN1.O=C(CCl)NCc1ccc2ccc3cccc4ccc1c2c34.O=C(CN1CCOCCN(CC(=O)NCc2ccc3ccc4cccc5ccc2c3c45)CCOCC1)NCc1ccc2ccc3cccc4ccc1c2c34.O=CO[O-].[H-].[I-].[K+].[K+].[K+]. The van der Waals surface area contributed by atoms with E-state index in [0.29, 0.717) is 72.2 Å². The van der Waals surface area contributed by atoms with Crippen LogP contribution in [0, 0.1) is 0 Å². The van der Waals surface area contributed by atoms with Crippen molar-refractivity contribution >= 4 is 133 Å². The Morgan fingerprint density at radius 1 is 0.417 bits per heavy atom. The maximum Gasteiger partial charge on any atom is 1.00 e. The van der Waals surface area contributed by atoms with Crippen molar-refractivity contribution in [2.24, 2.45) is 0 Å². The predicted octanol–water partition coefficient (Wildman–Crippen LogP) is -2.72. The number of alkyl halides is 1. The average molecular weight is 1510 g/mol. The van der Waals surface area contributed by atoms with Gasteiger partial charge in [0, 0.05) is 72.0 Å². The molecule has 2 heterocycles. The van der Waals surface area contributed by atoms with Crippen LogP contribution in [-0.2, 0) is 62.6 Å². The van der Waals surface area contributed by atoms with Gasteiger partial charge in [-0.25, -0.2) is 0 Å². The van der Waals surface area contributed by atoms with Crippen molar-refractivity contribution in [3.63, 3.8) is 0 Å². The van der Waals surface area contributed by atoms with Crippen LogP contribution < -0.4 is 210 Å². The Hall–Kier alpha value is -2.79. The average Bonchev–Trinajstić information content (AvgIpc) is 0.762. The second-order valence-electron chi connectivity index (χ2n) is 22.9. The summed E-state index contributed by atoms with van der Waals surface area (Å²) in [5, 5.41) is 46.4. The van der Waals surface area contributed by atoms with Gasteiger partial charge in [0.2, 0.25) is 17.7 Å². The molecule has 14 rings (SSSR count). The zero-order chi connectivity index (χ0) is 63.4. The number of hydrogen-bond acceptors (Lipinski definition) is 14. The van der Waals surface area contributed by atoms with Gasteiger partial charge in [-0.3, -0.25) is 29.0 Å². The number of nitrogens with one attached hydrogen (secondary N) is 5. The Kier molecular flexibility index (Phi) is 35.2. The molecular weight excluding hydrogens is 1430 g/mol. The van der Waals surface area contributed by atoms with Crippen molar-refractivity contribution in [1.29, 1.82) is 0 Å². The van der Waals surface area contributed by atoms with Gasteiger partial charge in [-0.05, 0) is 114 Å². The first kappa shape index (κ1) is 80.5. The van der Waals surface area contributed by atoms with Crippen molar-refractivity contribution in [3.8, 4) is 0 Å². The quantitative estimate of drug-likeness (QED) is 0.0161. The number of hydrogen-bond donors (Lipinski definition) is 5. The minimum Gasteiger partial charge on any atom is -1.00 e. The van der Waals surface area contributed by atoms with Gasteiger partial charge in [-0.2, -0.15) is 0 Å². The van der Waals surface area contributed by atoms with Crippen LogP contribution in [0.4, 0.5) is 0 Å². The molecule has 96 heavy (non-hydrogen) atoms. The molecule has 486 valence electrons. The molecule has 0 saturated carbocycles. The number of benzene rings is 12. The van der Waals surface area contributed by atoms with E-state index in [2.05, 4.69) is 205 Å². The van der Waals surface area contributed by atoms with E-state index in [1.54, 1.807) is 0 Å². The van der Waals surface area contributed by atoms with Gasteiger partial charge in [-0.1, -0.05) is 164 Å². The Bertz CT molecular complexity index is 4150. The van der Waals surface area contributed by atoms with Crippen LogP contribution in [0.2, 0.25) is 0 Å². The smallest absolute Gasteiger partial charge is 1.00 e. The van der Waals surface area contributed by atoms with E-state index < -0.39 is 0 Å². The molecule has 0 atom stereocenters. The topological polar surface area (TPSA) is 204 Å². The first-order valence-electron chi connectivity index (χ1n) is 31.5. The van der Waals surface area contributed by atoms with Gasteiger partial charge < -0.3 is 81.1 Å². The van der Waals surface area contributed by atoms with E-state index in [1.807, 2.05) is 0 Å². The monoisotopic (exact) mass is 1500 g/mol.